The molecule has 1 aliphatic rings. The van der Waals surface area contributed by atoms with Gasteiger partial charge in [0.15, 0.2) is 0 Å². The van der Waals surface area contributed by atoms with Gasteiger partial charge in [-0.15, -0.1) is 0 Å². The Labute approximate surface area is 95.4 Å². The maximum Gasteiger partial charge on any atom is 0.329 e. The van der Waals surface area contributed by atoms with Crippen molar-refractivity contribution in [3.05, 3.63) is 0 Å². The van der Waals surface area contributed by atoms with Crippen LogP contribution in [0, 0.1) is 5.92 Å². The number of amides is 1. The molecule has 1 amide bonds. The van der Waals surface area contributed by atoms with Crippen LogP contribution in [0.5, 0.6) is 0 Å². The molecule has 92 valence electrons. The number of carbonyl (C=O) groups is 2. The monoisotopic (exact) mass is 228 g/mol. The third kappa shape index (κ3) is 2.95. The molecule has 1 fully saturated rings. The molecule has 4 N–H and O–H groups in total. The molecule has 5 heteroatoms. The van der Waals surface area contributed by atoms with Crippen LogP contribution in [-0.2, 0) is 9.59 Å². The first-order chi connectivity index (χ1) is 7.40. The summed E-state index contributed by atoms with van der Waals surface area (Å²) < 4.78 is 0. The van der Waals surface area contributed by atoms with Gasteiger partial charge in [0.2, 0.25) is 5.91 Å². The third-order valence-corrected chi connectivity index (χ3v) is 3.21. The number of rotatable bonds is 6. The van der Waals surface area contributed by atoms with Crippen LogP contribution in [0.2, 0.25) is 0 Å². The number of carboxylic acids is 1. The van der Waals surface area contributed by atoms with Gasteiger partial charge in [-0.05, 0) is 32.1 Å². The summed E-state index contributed by atoms with van der Waals surface area (Å²) in [6, 6.07) is -0.197. The Bertz CT molecular complexity index is 289. The average Bonchev–Trinajstić information content (AvgIpc) is 2.99. The Morgan fingerprint density at radius 1 is 1.56 bits per heavy atom. The lowest BCUT2D eigenvalue weighted by Gasteiger charge is -2.26. The predicted molar refractivity (Wildman–Crippen MR) is 59.8 cm³/mol. The van der Waals surface area contributed by atoms with E-state index in [0.717, 1.165) is 12.8 Å². The van der Waals surface area contributed by atoms with E-state index in [0.29, 0.717) is 6.42 Å². The molecule has 0 aromatic rings. The first-order valence-electron chi connectivity index (χ1n) is 5.70. The Morgan fingerprint density at radius 2 is 2.12 bits per heavy atom. The van der Waals surface area contributed by atoms with Crippen LogP contribution < -0.4 is 11.1 Å². The fourth-order valence-electron chi connectivity index (χ4n) is 1.71. The molecule has 1 aliphatic carbocycles. The van der Waals surface area contributed by atoms with Gasteiger partial charge in [-0.25, -0.2) is 4.79 Å². The van der Waals surface area contributed by atoms with E-state index in [1.807, 2.05) is 6.92 Å². The lowest BCUT2D eigenvalue weighted by atomic mass is 9.95. The number of hydrogen-bond donors (Lipinski definition) is 3. The Kier molecular flexibility index (Phi) is 3.91. The zero-order valence-electron chi connectivity index (χ0n) is 9.82. The highest BCUT2D eigenvalue weighted by Crippen LogP contribution is 2.39. The van der Waals surface area contributed by atoms with E-state index in [2.05, 4.69) is 5.32 Å². The van der Waals surface area contributed by atoms with Crippen LogP contribution in [0.3, 0.4) is 0 Å². The van der Waals surface area contributed by atoms with Crippen molar-refractivity contribution in [1.29, 1.82) is 0 Å². The van der Waals surface area contributed by atoms with Gasteiger partial charge in [0, 0.05) is 12.5 Å². The minimum atomic E-state index is -1.12. The van der Waals surface area contributed by atoms with E-state index in [-0.39, 0.29) is 24.3 Å². The van der Waals surface area contributed by atoms with Gasteiger partial charge >= 0.3 is 5.97 Å². The number of carbonyl (C=O) groups excluding carboxylic acids is 1. The Hall–Kier alpha value is -1.10. The van der Waals surface area contributed by atoms with Crippen molar-refractivity contribution < 1.29 is 14.7 Å². The highest BCUT2D eigenvalue weighted by atomic mass is 16.4. The quantitative estimate of drug-likeness (QED) is 0.616. The first kappa shape index (κ1) is 13.0. The second kappa shape index (κ2) is 4.82. The zero-order chi connectivity index (χ0) is 12.3. The number of nitrogens with one attached hydrogen (secondary N) is 1. The molecule has 2 unspecified atom stereocenters. The molecule has 0 aromatic heterocycles. The molecule has 2 atom stereocenters. The summed E-state index contributed by atoms with van der Waals surface area (Å²) >= 11 is 0. The lowest BCUT2D eigenvalue weighted by molar-refractivity contribution is -0.148. The van der Waals surface area contributed by atoms with Crippen LogP contribution in [0.4, 0.5) is 0 Å². The summed E-state index contributed by atoms with van der Waals surface area (Å²) in [5.74, 6) is -1.17. The Morgan fingerprint density at radius 3 is 2.50 bits per heavy atom. The number of hydrogen-bond acceptors (Lipinski definition) is 3. The smallest absolute Gasteiger partial charge is 0.329 e. The summed E-state index contributed by atoms with van der Waals surface area (Å²) in [6.07, 6.45) is 2.62. The second-order valence-electron chi connectivity index (χ2n) is 4.70. The number of aliphatic carboxylic acids is 1. The minimum Gasteiger partial charge on any atom is -0.480 e. The predicted octanol–water partition coefficient (Wildman–Crippen LogP) is 0.483. The molecule has 1 rings (SSSR count). The first-order valence-corrected chi connectivity index (χ1v) is 5.70. The largest absolute Gasteiger partial charge is 0.480 e. The van der Waals surface area contributed by atoms with E-state index >= 15 is 0 Å². The van der Waals surface area contributed by atoms with Crippen molar-refractivity contribution in [2.75, 3.05) is 0 Å². The van der Waals surface area contributed by atoms with E-state index in [4.69, 9.17) is 10.8 Å². The zero-order valence-corrected chi connectivity index (χ0v) is 9.82. The van der Waals surface area contributed by atoms with E-state index in [9.17, 15) is 9.59 Å². The van der Waals surface area contributed by atoms with Crippen molar-refractivity contribution in [3.8, 4) is 0 Å². The van der Waals surface area contributed by atoms with Gasteiger partial charge in [0.05, 0.1) is 0 Å². The van der Waals surface area contributed by atoms with Gasteiger partial charge in [-0.1, -0.05) is 6.92 Å². The standard InChI is InChI=1S/C11H20N2O3/c1-3-8(12)6-9(14)13-11(2,10(15)16)7-4-5-7/h7-8H,3-6,12H2,1-2H3,(H,13,14)(H,15,16). The highest BCUT2D eigenvalue weighted by Gasteiger charge is 2.48. The molecule has 0 heterocycles. The van der Waals surface area contributed by atoms with Gasteiger partial charge in [0.1, 0.15) is 5.54 Å². The lowest BCUT2D eigenvalue weighted by Crippen LogP contribution is -2.54. The molecule has 0 spiro atoms. The molecule has 0 bridgehead atoms. The van der Waals surface area contributed by atoms with Gasteiger partial charge in [0.25, 0.3) is 0 Å². The minimum absolute atomic E-state index is 0.0619. The summed E-state index contributed by atoms with van der Waals surface area (Å²) in [4.78, 5) is 22.8. The molecule has 5 nitrogen and oxygen atoms in total. The third-order valence-electron chi connectivity index (χ3n) is 3.21. The SMILES string of the molecule is CCC(N)CC(=O)NC(C)(C(=O)O)C1CC1. The van der Waals surface area contributed by atoms with Crippen molar-refractivity contribution in [2.24, 2.45) is 11.7 Å². The molecular weight excluding hydrogens is 208 g/mol. The normalized spacial score (nSPS) is 20.9. The molecule has 0 radical (unpaired) electrons. The molecular formula is C11H20N2O3. The second-order valence-corrected chi connectivity index (χ2v) is 4.70. The molecule has 0 aliphatic heterocycles. The van der Waals surface area contributed by atoms with Crippen molar-refractivity contribution in [2.45, 2.75) is 51.1 Å². The van der Waals surface area contributed by atoms with E-state index in [1.54, 1.807) is 6.92 Å². The van der Waals surface area contributed by atoms with Crippen LogP contribution in [0.1, 0.15) is 39.5 Å². The summed E-state index contributed by atoms with van der Waals surface area (Å²) in [5, 5.41) is 11.7. The van der Waals surface area contributed by atoms with E-state index < -0.39 is 11.5 Å². The number of nitrogens with two attached hydrogens (primary N) is 1. The molecule has 0 aromatic carbocycles. The maximum absolute atomic E-state index is 11.6. The van der Waals surface area contributed by atoms with Crippen molar-refractivity contribution >= 4 is 11.9 Å². The summed E-state index contributed by atoms with van der Waals surface area (Å²) in [7, 11) is 0. The molecule has 0 saturated heterocycles. The van der Waals surface area contributed by atoms with E-state index in [1.165, 1.54) is 0 Å². The maximum atomic E-state index is 11.6. The fraction of sp³-hybridized carbons (Fsp3) is 0.818. The summed E-state index contributed by atoms with van der Waals surface area (Å²) in [6.45, 7) is 3.47. The number of carboxylic acid groups (broad SMARTS) is 1. The Balaban J connectivity index is 2.55. The van der Waals surface area contributed by atoms with Crippen LogP contribution >= 0.6 is 0 Å². The van der Waals surface area contributed by atoms with Crippen LogP contribution in [-0.4, -0.2) is 28.6 Å². The van der Waals surface area contributed by atoms with Gasteiger partial charge in [-0.3, -0.25) is 4.79 Å². The van der Waals surface area contributed by atoms with Crippen LogP contribution in [0.25, 0.3) is 0 Å². The molecule has 16 heavy (non-hydrogen) atoms. The topological polar surface area (TPSA) is 92.4 Å². The average molecular weight is 228 g/mol. The van der Waals surface area contributed by atoms with Crippen molar-refractivity contribution in [3.63, 3.8) is 0 Å². The highest BCUT2D eigenvalue weighted by molar-refractivity contribution is 5.87. The van der Waals surface area contributed by atoms with Gasteiger partial charge < -0.3 is 16.2 Å². The van der Waals surface area contributed by atoms with Crippen molar-refractivity contribution in [1.82, 2.24) is 5.32 Å². The fourth-order valence-corrected chi connectivity index (χ4v) is 1.71. The van der Waals surface area contributed by atoms with Crippen LogP contribution in [0.15, 0.2) is 0 Å². The summed E-state index contributed by atoms with van der Waals surface area (Å²) in [5.41, 5.74) is 4.53. The van der Waals surface area contributed by atoms with Gasteiger partial charge in [-0.2, -0.15) is 0 Å². The molecule has 1 saturated carbocycles.